The van der Waals surface area contributed by atoms with E-state index in [1.54, 1.807) is 37.5 Å². The lowest BCUT2D eigenvalue weighted by Crippen LogP contribution is -2.37. The van der Waals surface area contributed by atoms with Gasteiger partial charge in [-0.2, -0.15) is 0 Å². The normalized spacial score (nSPS) is 15.6. The van der Waals surface area contributed by atoms with Gasteiger partial charge in [-0.3, -0.25) is 9.59 Å². The Bertz CT molecular complexity index is 1150. The van der Waals surface area contributed by atoms with Crippen LogP contribution in [0.25, 0.3) is 6.08 Å². The first kappa shape index (κ1) is 21.4. The standard InChI is InChI=1S/C26H26N2O4/c1-17-6-3-8-19(14-17)25(29)28-24(16-21-9-5-13-32-21)26(30)27-23-10-4-7-18-15-20(31-2)11-12-22(18)23/h3,5-6,8-9,11-16,23H,4,7,10H2,1-2H3,(H,27,30)(H,28,29)/b24-16-. The molecule has 1 unspecified atom stereocenters. The molecule has 2 amide bonds. The highest BCUT2D eigenvalue weighted by atomic mass is 16.5. The number of benzene rings is 2. The first-order valence-corrected chi connectivity index (χ1v) is 10.6. The lowest BCUT2D eigenvalue weighted by atomic mass is 9.87. The number of amides is 2. The number of ether oxygens (including phenoxy) is 1. The first-order chi connectivity index (χ1) is 15.5. The van der Waals surface area contributed by atoms with E-state index in [2.05, 4.69) is 10.6 Å². The molecule has 6 nitrogen and oxygen atoms in total. The lowest BCUT2D eigenvalue weighted by molar-refractivity contribution is -0.118. The molecule has 1 aliphatic rings. The van der Waals surface area contributed by atoms with E-state index in [9.17, 15) is 9.59 Å². The summed E-state index contributed by atoms with van der Waals surface area (Å²) in [5, 5.41) is 5.85. The maximum atomic E-state index is 13.2. The minimum absolute atomic E-state index is 0.132. The zero-order valence-corrected chi connectivity index (χ0v) is 18.2. The summed E-state index contributed by atoms with van der Waals surface area (Å²) in [6, 6.07) is 16.5. The fraction of sp³-hybridized carbons (Fsp3) is 0.231. The summed E-state index contributed by atoms with van der Waals surface area (Å²) >= 11 is 0. The molecular formula is C26H26N2O4. The molecule has 1 aliphatic carbocycles. The summed E-state index contributed by atoms with van der Waals surface area (Å²) in [5.41, 5.74) is 3.83. The highest BCUT2D eigenvalue weighted by molar-refractivity contribution is 6.05. The van der Waals surface area contributed by atoms with Crippen molar-refractivity contribution < 1.29 is 18.7 Å². The summed E-state index contributed by atoms with van der Waals surface area (Å²) in [6.45, 7) is 1.92. The van der Waals surface area contributed by atoms with Crippen molar-refractivity contribution in [3.05, 3.63) is 94.6 Å². The van der Waals surface area contributed by atoms with E-state index < -0.39 is 0 Å². The Morgan fingerprint density at radius 2 is 2.00 bits per heavy atom. The predicted molar refractivity (Wildman–Crippen MR) is 122 cm³/mol. The van der Waals surface area contributed by atoms with Gasteiger partial charge in [0, 0.05) is 11.6 Å². The number of fused-ring (bicyclic) bond motifs is 1. The van der Waals surface area contributed by atoms with Crippen molar-refractivity contribution in [3.63, 3.8) is 0 Å². The monoisotopic (exact) mass is 430 g/mol. The fourth-order valence-corrected chi connectivity index (χ4v) is 3.96. The average Bonchev–Trinajstić information content (AvgIpc) is 3.31. The van der Waals surface area contributed by atoms with Crippen LogP contribution < -0.4 is 15.4 Å². The number of methoxy groups -OCH3 is 1. The van der Waals surface area contributed by atoms with Gasteiger partial charge in [0.05, 0.1) is 19.4 Å². The Morgan fingerprint density at radius 3 is 2.75 bits per heavy atom. The number of hydrogen-bond acceptors (Lipinski definition) is 4. The zero-order chi connectivity index (χ0) is 22.5. The van der Waals surface area contributed by atoms with Crippen LogP contribution >= 0.6 is 0 Å². The van der Waals surface area contributed by atoms with Gasteiger partial charge >= 0.3 is 0 Å². The van der Waals surface area contributed by atoms with Gasteiger partial charge in [0.2, 0.25) is 0 Å². The van der Waals surface area contributed by atoms with Crippen LogP contribution in [-0.4, -0.2) is 18.9 Å². The van der Waals surface area contributed by atoms with Crippen LogP contribution in [0.4, 0.5) is 0 Å². The molecule has 0 spiro atoms. The molecule has 6 heteroatoms. The summed E-state index contributed by atoms with van der Waals surface area (Å²) in [5.74, 6) is 0.569. The Morgan fingerprint density at radius 1 is 1.12 bits per heavy atom. The summed E-state index contributed by atoms with van der Waals surface area (Å²) in [7, 11) is 1.65. The van der Waals surface area contributed by atoms with Gasteiger partial charge in [0.15, 0.2) is 0 Å². The summed E-state index contributed by atoms with van der Waals surface area (Å²) in [6.07, 6.45) is 5.79. The minimum Gasteiger partial charge on any atom is -0.497 e. The third-order valence-corrected chi connectivity index (χ3v) is 5.57. The number of nitrogens with one attached hydrogen (secondary N) is 2. The Kier molecular flexibility index (Phi) is 6.40. The molecule has 2 aromatic carbocycles. The maximum absolute atomic E-state index is 13.2. The second kappa shape index (κ2) is 9.56. The number of rotatable bonds is 6. The molecule has 3 aromatic rings. The third kappa shape index (κ3) is 4.91. The molecule has 0 saturated carbocycles. The molecule has 1 heterocycles. The molecule has 4 rings (SSSR count). The smallest absolute Gasteiger partial charge is 0.268 e. The molecule has 0 saturated heterocycles. The van der Waals surface area contributed by atoms with Crippen LogP contribution in [-0.2, 0) is 11.2 Å². The molecule has 32 heavy (non-hydrogen) atoms. The molecular weight excluding hydrogens is 404 g/mol. The number of carbonyl (C=O) groups is 2. The van der Waals surface area contributed by atoms with E-state index in [0.717, 1.165) is 36.1 Å². The predicted octanol–water partition coefficient (Wildman–Crippen LogP) is 4.56. The zero-order valence-electron chi connectivity index (χ0n) is 18.2. The Balaban J connectivity index is 1.57. The fourth-order valence-electron chi connectivity index (χ4n) is 3.96. The third-order valence-electron chi connectivity index (χ3n) is 5.57. The van der Waals surface area contributed by atoms with Gasteiger partial charge in [0.1, 0.15) is 17.2 Å². The van der Waals surface area contributed by atoms with Crippen molar-refractivity contribution >= 4 is 17.9 Å². The summed E-state index contributed by atoms with van der Waals surface area (Å²) in [4.78, 5) is 26.1. The van der Waals surface area contributed by atoms with Crippen molar-refractivity contribution in [2.75, 3.05) is 7.11 Å². The van der Waals surface area contributed by atoms with Gasteiger partial charge in [-0.25, -0.2) is 0 Å². The second-order valence-electron chi connectivity index (χ2n) is 7.88. The van der Waals surface area contributed by atoms with Crippen LogP contribution in [0.2, 0.25) is 0 Å². The molecule has 0 radical (unpaired) electrons. The highest BCUT2D eigenvalue weighted by Gasteiger charge is 2.24. The van der Waals surface area contributed by atoms with Gasteiger partial charge in [-0.05, 0) is 73.7 Å². The van der Waals surface area contributed by atoms with Crippen molar-refractivity contribution in [1.82, 2.24) is 10.6 Å². The van der Waals surface area contributed by atoms with E-state index >= 15 is 0 Å². The topological polar surface area (TPSA) is 80.6 Å². The van der Waals surface area contributed by atoms with Crippen LogP contribution in [0.15, 0.2) is 71.0 Å². The number of aryl methyl sites for hydroxylation is 2. The van der Waals surface area contributed by atoms with E-state index in [4.69, 9.17) is 9.15 Å². The number of hydrogen-bond donors (Lipinski definition) is 2. The van der Waals surface area contributed by atoms with Crippen LogP contribution in [0.1, 0.15) is 51.7 Å². The van der Waals surface area contributed by atoms with E-state index in [0.29, 0.717) is 11.3 Å². The molecule has 0 aliphatic heterocycles. The molecule has 1 aromatic heterocycles. The second-order valence-corrected chi connectivity index (χ2v) is 7.88. The molecule has 2 N–H and O–H groups in total. The van der Waals surface area contributed by atoms with E-state index in [-0.39, 0.29) is 23.6 Å². The van der Waals surface area contributed by atoms with Crippen molar-refractivity contribution in [2.45, 2.75) is 32.2 Å². The SMILES string of the molecule is COc1ccc2c(c1)CCCC2NC(=O)/C(=C/c1ccco1)NC(=O)c1cccc(C)c1. The van der Waals surface area contributed by atoms with Gasteiger partial charge < -0.3 is 19.8 Å². The first-order valence-electron chi connectivity index (χ1n) is 10.6. The molecule has 0 fully saturated rings. The maximum Gasteiger partial charge on any atom is 0.268 e. The van der Waals surface area contributed by atoms with Crippen molar-refractivity contribution in [2.24, 2.45) is 0 Å². The van der Waals surface area contributed by atoms with Crippen LogP contribution in [0.3, 0.4) is 0 Å². The largest absolute Gasteiger partial charge is 0.497 e. The Labute approximate surface area is 187 Å². The molecule has 0 bridgehead atoms. The van der Waals surface area contributed by atoms with Gasteiger partial charge in [-0.15, -0.1) is 0 Å². The Hall–Kier alpha value is -3.80. The van der Waals surface area contributed by atoms with Gasteiger partial charge in [-0.1, -0.05) is 23.8 Å². The van der Waals surface area contributed by atoms with E-state index in [1.165, 1.54) is 11.8 Å². The van der Waals surface area contributed by atoms with E-state index in [1.807, 2.05) is 37.3 Å². The van der Waals surface area contributed by atoms with Gasteiger partial charge in [0.25, 0.3) is 11.8 Å². The van der Waals surface area contributed by atoms with Crippen molar-refractivity contribution in [1.29, 1.82) is 0 Å². The quantitative estimate of drug-likeness (QED) is 0.562. The number of carbonyl (C=O) groups excluding carboxylic acids is 2. The molecule has 164 valence electrons. The van der Waals surface area contributed by atoms with Crippen molar-refractivity contribution in [3.8, 4) is 5.75 Å². The number of furan rings is 1. The van der Waals surface area contributed by atoms with Crippen LogP contribution in [0, 0.1) is 6.92 Å². The lowest BCUT2D eigenvalue weighted by Gasteiger charge is -2.27. The molecule has 1 atom stereocenters. The minimum atomic E-state index is -0.365. The van der Waals surface area contributed by atoms with Crippen LogP contribution in [0.5, 0.6) is 5.75 Å². The highest BCUT2D eigenvalue weighted by Crippen LogP contribution is 2.32. The summed E-state index contributed by atoms with van der Waals surface area (Å²) < 4.78 is 10.7. The average molecular weight is 431 g/mol.